The fourth-order valence-corrected chi connectivity index (χ4v) is 2.90. The Morgan fingerprint density at radius 2 is 1.72 bits per heavy atom. The summed E-state index contributed by atoms with van der Waals surface area (Å²) in [7, 11) is 0. The van der Waals surface area contributed by atoms with Gasteiger partial charge in [-0.15, -0.1) is 0 Å². The topological polar surface area (TPSA) is 78.5 Å². The van der Waals surface area contributed by atoms with Crippen LogP contribution in [-0.2, 0) is 13.0 Å². The van der Waals surface area contributed by atoms with Crippen molar-refractivity contribution in [1.29, 1.82) is 0 Å². The van der Waals surface area contributed by atoms with E-state index in [0.29, 0.717) is 18.5 Å². The lowest BCUT2D eigenvalue weighted by Crippen LogP contribution is -2.11. The van der Waals surface area contributed by atoms with Gasteiger partial charge in [0, 0.05) is 29.8 Å². The highest BCUT2D eigenvalue weighted by Gasteiger charge is 2.16. The van der Waals surface area contributed by atoms with E-state index in [2.05, 4.69) is 4.98 Å². The molecule has 25 heavy (non-hydrogen) atoms. The molecule has 0 saturated carbocycles. The Morgan fingerprint density at radius 1 is 1.08 bits per heavy atom. The van der Waals surface area contributed by atoms with Gasteiger partial charge in [0.2, 0.25) is 0 Å². The highest BCUT2D eigenvalue weighted by molar-refractivity contribution is 5.62. The van der Waals surface area contributed by atoms with Crippen molar-refractivity contribution >= 4 is 0 Å². The average Bonchev–Trinajstić information content (AvgIpc) is 2.95. The Labute approximate surface area is 146 Å². The second-order valence-corrected chi connectivity index (χ2v) is 6.35. The number of aliphatic hydroxyl groups is 1. The van der Waals surface area contributed by atoms with E-state index in [9.17, 15) is 15.3 Å². The van der Waals surface area contributed by atoms with Gasteiger partial charge >= 0.3 is 0 Å². The van der Waals surface area contributed by atoms with E-state index in [1.165, 1.54) is 0 Å². The second-order valence-electron chi connectivity index (χ2n) is 6.35. The molecule has 0 fully saturated rings. The van der Waals surface area contributed by atoms with Crippen LogP contribution in [0.5, 0.6) is 11.5 Å². The highest BCUT2D eigenvalue weighted by Crippen LogP contribution is 2.29. The molecule has 2 aromatic carbocycles. The lowest BCUT2D eigenvalue weighted by atomic mass is 10.1. The molecule has 0 saturated heterocycles. The lowest BCUT2D eigenvalue weighted by molar-refractivity contribution is 0.193. The van der Waals surface area contributed by atoms with Crippen LogP contribution in [0, 0.1) is 6.92 Å². The lowest BCUT2D eigenvalue weighted by Gasteiger charge is -2.13. The number of hydrogen-bond donors (Lipinski definition) is 3. The van der Waals surface area contributed by atoms with Gasteiger partial charge in [-0.1, -0.05) is 30.3 Å². The zero-order valence-electron chi connectivity index (χ0n) is 14.3. The summed E-state index contributed by atoms with van der Waals surface area (Å²) in [6, 6.07) is 13.1. The molecule has 3 rings (SSSR count). The number of nitrogens with zero attached hydrogens (tertiary/aromatic N) is 2. The SMILES string of the molecule is Cc1c(O)cc(Cn2cnc(-c3ccccc3)c2CC(C)O)cc1O. The summed E-state index contributed by atoms with van der Waals surface area (Å²) in [6.07, 6.45) is 1.69. The van der Waals surface area contributed by atoms with Crippen molar-refractivity contribution < 1.29 is 15.3 Å². The van der Waals surface area contributed by atoms with Crippen molar-refractivity contribution in [2.45, 2.75) is 32.9 Å². The molecule has 0 aliphatic carbocycles. The molecule has 1 unspecified atom stereocenters. The van der Waals surface area contributed by atoms with Crippen LogP contribution >= 0.6 is 0 Å². The van der Waals surface area contributed by atoms with Crippen LogP contribution in [0.15, 0.2) is 48.8 Å². The Balaban J connectivity index is 2.00. The maximum Gasteiger partial charge on any atom is 0.122 e. The maximum atomic E-state index is 9.93. The first-order valence-electron chi connectivity index (χ1n) is 8.24. The van der Waals surface area contributed by atoms with Crippen molar-refractivity contribution in [3.8, 4) is 22.8 Å². The molecule has 3 aromatic rings. The predicted molar refractivity (Wildman–Crippen MR) is 96.7 cm³/mol. The summed E-state index contributed by atoms with van der Waals surface area (Å²) in [5, 5.41) is 29.8. The number of benzene rings is 2. The molecular weight excluding hydrogens is 316 g/mol. The van der Waals surface area contributed by atoms with Crippen LogP contribution in [0.3, 0.4) is 0 Å². The Kier molecular flexibility index (Phi) is 4.76. The van der Waals surface area contributed by atoms with Crippen LogP contribution < -0.4 is 0 Å². The van der Waals surface area contributed by atoms with Gasteiger partial charge in [-0.3, -0.25) is 0 Å². The third kappa shape index (κ3) is 3.67. The largest absolute Gasteiger partial charge is 0.508 e. The van der Waals surface area contributed by atoms with E-state index in [4.69, 9.17) is 0 Å². The van der Waals surface area contributed by atoms with Gasteiger partial charge in [0.25, 0.3) is 0 Å². The Hall–Kier alpha value is -2.79. The van der Waals surface area contributed by atoms with E-state index in [0.717, 1.165) is 22.5 Å². The molecule has 0 aliphatic rings. The number of aromatic nitrogens is 2. The number of hydrogen-bond acceptors (Lipinski definition) is 4. The van der Waals surface area contributed by atoms with Gasteiger partial charge < -0.3 is 19.9 Å². The van der Waals surface area contributed by atoms with Gasteiger partial charge in [0.15, 0.2) is 0 Å². The maximum absolute atomic E-state index is 9.93. The second kappa shape index (κ2) is 6.99. The molecule has 0 amide bonds. The van der Waals surface area contributed by atoms with Crippen LogP contribution in [0.4, 0.5) is 0 Å². The van der Waals surface area contributed by atoms with Gasteiger partial charge in [-0.25, -0.2) is 4.98 Å². The van der Waals surface area contributed by atoms with Gasteiger partial charge in [0.05, 0.1) is 18.1 Å². The molecule has 0 aliphatic heterocycles. The zero-order valence-corrected chi connectivity index (χ0v) is 14.3. The molecule has 0 bridgehead atoms. The highest BCUT2D eigenvalue weighted by atomic mass is 16.3. The number of aliphatic hydroxyl groups excluding tert-OH is 1. The van der Waals surface area contributed by atoms with Crippen molar-refractivity contribution in [2.75, 3.05) is 0 Å². The number of aromatic hydroxyl groups is 2. The fourth-order valence-electron chi connectivity index (χ4n) is 2.90. The number of imidazole rings is 1. The minimum atomic E-state index is -0.502. The first kappa shape index (κ1) is 17.0. The summed E-state index contributed by atoms with van der Waals surface area (Å²) in [5.74, 6) is 0.131. The summed E-state index contributed by atoms with van der Waals surface area (Å²) in [6.45, 7) is 3.86. The van der Waals surface area contributed by atoms with Crippen molar-refractivity contribution in [3.63, 3.8) is 0 Å². The normalized spacial score (nSPS) is 12.3. The van der Waals surface area contributed by atoms with Crippen molar-refractivity contribution in [1.82, 2.24) is 9.55 Å². The quantitative estimate of drug-likeness (QED) is 0.667. The van der Waals surface area contributed by atoms with Gasteiger partial charge in [-0.2, -0.15) is 0 Å². The standard InChI is InChI=1S/C20H22N2O3/c1-13(23)8-17-20(16-6-4-3-5-7-16)21-12-22(17)11-15-9-18(24)14(2)19(25)10-15/h3-7,9-10,12-13,23-25H,8,11H2,1-2H3. The predicted octanol–water partition coefficient (Wildman–Crippen LogP) is 3.24. The van der Waals surface area contributed by atoms with E-state index in [1.54, 1.807) is 32.3 Å². The third-order valence-corrected chi connectivity index (χ3v) is 4.25. The van der Waals surface area contributed by atoms with E-state index in [-0.39, 0.29) is 11.5 Å². The molecule has 130 valence electrons. The van der Waals surface area contributed by atoms with E-state index in [1.807, 2.05) is 34.9 Å². The van der Waals surface area contributed by atoms with Crippen LogP contribution in [0.1, 0.15) is 23.7 Å². The van der Waals surface area contributed by atoms with E-state index < -0.39 is 6.10 Å². The number of phenolic OH excluding ortho intramolecular Hbond substituents is 2. The molecule has 1 aromatic heterocycles. The summed E-state index contributed by atoms with van der Waals surface area (Å²) >= 11 is 0. The van der Waals surface area contributed by atoms with Crippen molar-refractivity contribution in [2.24, 2.45) is 0 Å². The summed E-state index contributed by atoms with van der Waals surface area (Å²) in [4.78, 5) is 4.52. The average molecular weight is 338 g/mol. The molecule has 3 N–H and O–H groups in total. The molecular formula is C20H22N2O3. The monoisotopic (exact) mass is 338 g/mol. The van der Waals surface area contributed by atoms with Crippen LogP contribution in [0.2, 0.25) is 0 Å². The Morgan fingerprint density at radius 3 is 2.32 bits per heavy atom. The minimum absolute atomic E-state index is 0.0653. The van der Waals surface area contributed by atoms with Crippen LogP contribution in [-0.4, -0.2) is 31.0 Å². The summed E-state index contributed by atoms with van der Waals surface area (Å²) < 4.78 is 1.94. The van der Waals surface area contributed by atoms with Gasteiger partial charge in [0.1, 0.15) is 11.5 Å². The molecule has 0 radical (unpaired) electrons. The van der Waals surface area contributed by atoms with Crippen LogP contribution in [0.25, 0.3) is 11.3 Å². The number of phenols is 2. The smallest absolute Gasteiger partial charge is 0.122 e. The van der Waals surface area contributed by atoms with Gasteiger partial charge in [-0.05, 0) is 31.5 Å². The van der Waals surface area contributed by atoms with E-state index >= 15 is 0 Å². The third-order valence-electron chi connectivity index (χ3n) is 4.25. The molecule has 1 atom stereocenters. The fraction of sp³-hybridized carbons (Fsp3) is 0.250. The summed E-state index contributed by atoms with van der Waals surface area (Å²) in [5.41, 5.74) is 3.97. The molecule has 1 heterocycles. The Bertz CT molecular complexity index is 847. The van der Waals surface area contributed by atoms with Crippen molar-refractivity contribution in [3.05, 3.63) is 65.6 Å². The minimum Gasteiger partial charge on any atom is -0.508 e. The molecule has 5 heteroatoms. The number of rotatable bonds is 5. The first-order chi connectivity index (χ1) is 12.0. The first-order valence-corrected chi connectivity index (χ1v) is 8.24. The molecule has 0 spiro atoms. The zero-order chi connectivity index (χ0) is 18.0. The molecule has 5 nitrogen and oxygen atoms in total.